The molecule has 2 aliphatic heterocycles. The number of amides is 1. The number of carbonyl (C=O) groups is 1. The largest absolute Gasteiger partial charge is 0.290 e. The van der Waals surface area contributed by atoms with Crippen LogP contribution >= 0.6 is 35.0 Å². The average Bonchev–Trinajstić information content (AvgIpc) is 3.12. The van der Waals surface area contributed by atoms with Crippen LogP contribution in [0.15, 0.2) is 48.5 Å². The van der Waals surface area contributed by atoms with Crippen molar-refractivity contribution < 1.29 is 4.79 Å². The van der Waals surface area contributed by atoms with E-state index in [1.165, 1.54) is 0 Å². The Morgan fingerprint density at radius 1 is 0.957 bits per heavy atom. The number of carbonyl (C=O) groups excluding carboxylic acids is 1. The number of halogens is 2. The fraction of sp³-hybridized carbons (Fsp3) is 0.235. The number of hydrogen-bond donors (Lipinski definition) is 0. The molecule has 0 bridgehead atoms. The molecular weight excluding hydrogens is 351 g/mol. The first-order valence-corrected chi connectivity index (χ1v) is 9.24. The summed E-state index contributed by atoms with van der Waals surface area (Å²) in [5.74, 6) is 1.85. The Bertz CT molecular complexity index is 735. The van der Waals surface area contributed by atoms with Gasteiger partial charge >= 0.3 is 0 Å². The van der Waals surface area contributed by atoms with Gasteiger partial charge < -0.3 is 0 Å². The lowest BCUT2D eigenvalue weighted by Crippen LogP contribution is -2.32. The number of benzene rings is 2. The first kappa shape index (κ1) is 15.3. The summed E-state index contributed by atoms with van der Waals surface area (Å²) in [6, 6.07) is 15.1. The van der Waals surface area contributed by atoms with Crippen LogP contribution in [0.2, 0.25) is 10.0 Å². The molecule has 0 unspecified atom stereocenters. The highest BCUT2D eigenvalue weighted by Gasteiger charge is 2.49. The molecular formula is C17H14Cl2N2OS. The van der Waals surface area contributed by atoms with Crippen LogP contribution < -0.4 is 4.90 Å². The van der Waals surface area contributed by atoms with Crippen molar-refractivity contribution in [3.63, 3.8) is 0 Å². The van der Waals surface area contributed by atoms with Crippen molar-refractivity contribution in [3.05, 3.63) is 64.1 Å². The maximum absolute atomic E-state index is 12.9. The van der Waals surface area contributed by atoms with Crippen molar-refractivity contribution in [2.24, 2.45) is 0 Å². The lowest BCUT2D eigenvalue weighted by Gasteiger charge is -2.29. The first-order valence-electron chi connectivity index (χ1n) is 7.33. The topological polar surface area (TPSA) is 23.6 Å². The van der Waals surface area contributed by atoms with Crippen molar-refractivity contribution >= 4 is 46.6 Å². The Kier molecular flexibility index (Phi) is 4.01. The number of rotatable bonds is 2. The molecule has 0 spiro atoms. The van der Waals surface area contributed by atoms with E-state index in [-0.39, 0.29) is 18.1 Å². The third-order valence-electron chi connectivity index (χ3n) is 4.27. The van der Waals surface area contributed by atoms with Crippen molar-refractivity contribution in [3.8, 4) is 0 Å². The van der Waals surface area contributed by atoms with E-state index in [1.54, 1.807) is 11.8 Å². The minimum absolute atomic E-state index is 0.0589. The van der Waals surface area contributed by atoms with Crippen LogP contribution in [0.1, 0.15) is 11.7 Å². The Morgan fingerprint density at radius 3 is 2.22 bits per heavy atom. The van der Waals surface area contributed by atoms with Crippen molar-refractivity contribution in [2.75, 3.05) is 16.5 Å². The molecule has 0 aromatic heterocycles. The number of hydrogen-bond acceptors (Lipinski definition) is 3. The fourth-order valence-corrected chi connectivity index (χ4v) is 4.63. The maximum Gasteiger partial charge on any atom is 0.246 e. The summed E-state index contributed by atoms with van der Waals surface area (Å²) in [5.41, 5.74) is 1.95. The van der Waals surface area contributed by atoms with Crippen LogP contribution in [0, 0.1) is 0 Å². The molecule has 2 fully saturated rings. The second kappa shape index (κ2) is 6.02. The van der Waals surface area contributed by atoms with Crippen molar-refractivity contribution in [1.82, 2.24) is 4.90 Å². The van der Waals surface area contributed by atoms with E-state index in [9.17, 15) is 4.79 Å². The SMILES string of the molecule is O=C1[C@@H]2CSCN2[C@H](c2ccc(Cl)cc2)N1c1ccc(Cl)cc1. The smallest absolute Gasteiger partial charge is 0.246 e. The van der Waals surface area contributed by atoms with Gasteiger partial charge in [-0.2, -0.15) is 0 Å². The lowest BCUT2D eigenvalue weighted by atomic mass is 10.1. The summed E-state index contributed by atoms with van der Waals surface area (Å²) in [7, 11) is 0. The third kappa shape index (κ3) is 2.64. The molecule has 2 aliphatic rings. The first-order chi connectivity index (χ1) is 11.1. The normalized spacial score (nSPS) is 24.3. The van der Waals surface area contributed by atoms with E-state index in [0.29, 0.717) is 10.0 Å². The molecule has 0 N–H and O–H groups in total. The highest BCUT2D eigenvalue weighted by Crippen LogP contribution is 2.43. The van der Waals surface area contributed by atoms with Crippen LogP contribution in [0.4, 0.5) is 5.69 Å². The molecule has 4 rings (SSSR count). The Balaban J connectivity index is 1.79. The second-order valence-corrected chi connectivity index (χ2v) is 7.51. The zero-order valence-electron chi connectivity index (χ0n) is 12.2. The van der Waals surface area contributed by atoms with Crippen molar-refractivity contribution in [2.45, 2.75) is 12.2 Å². The number of anilines is 1. The molecule has 6 heteroatoms. The molecule has 2 atom stereocenters. The van der Waals surface area contributed by atoms with Gasteiger partial charge in [-0.05, 0) is 42.0 Å². The summed E-state index contributed by atoms with van der Waals surface area (Å²) in [5, 5.41) is 1.36. The van der Waals surface area contributed by atoms with Gasteiger partial charge in [-0.25, -0.2) is 0 Å². The van der Waals surface area contributed by atoms with E-state index < -0.39 is 0 Å². The van der Waals surface area contributed by atoms with Gasteiger partial charge in [0, 0.05) is 27.4 Å². The Hall–Kier alpha value is -1.20. The number of fused-ring (bicyclic) bond motifs is 1. The minimum atomic E-state index is -0.0963. The van der Waals surface area contributed by atoms with Gasteiger partial charge in [-0.1, -0.05) is 35.3 Å². The lowest BCUT2D eigenvalue weighted by molar-refractivity contribution is -0.118. The monoisotopic (exact) mass is 364 g/mol. The van der Waals surface area contributed by atoms with Gasteiger partial charge in [-0.3, -0.25) is 14.6 Å². The molecule has 0 saturated carbocycles. The van der Waals surface area contributed by atoms with E-state index in [4.69, 9.17) is 23.2 Å². The van der Waals surface area contributed by atoms with Gasteiger partial charge in [0.25, 0.3) is 0 Å². The van der Waals surface area contributed by atoms with Gasteiger partial charge in [0.15, 0.2) is 0 Å². The molecule has 0 radical (unpaired) electrons. The van der Waals surface area contributed by atoms with Crippen LogP contribution in [-0.4, -0.2) is 28.5 Å². The third-order valence-corrected chi connectivity index (χ3v) is 5.81. The minimum Gasteiger partial charge on any atom is -0.290 e. The van der Waals surface area contributed by atoms with Crippen LogP contribution in [0.25, 0.3) is 0 Å². The molecule has 1 amide bonds. The zero-order chi connectivity index (χ0) is 16.0. The maximum atomic E-state index is 12.9. The zero-order valence-corrected chi connectivity index (χ0v) is 14.5. The summed E-state index contributed by atoms with van der Waals surface area (Å²) >= 11 is 13.8. The summed E-state index contributed by atoms with van der Waals surface area (Å²) < 4.78 is 0. The predicted octanol–water partition coefficient (Wildman–Crippen LogP) is 4.41. The molecule has 2 aromatic carbocycles. The summed E-state index contributed by atoms with van der Waals surface area (Å²) in [4.78, 5) is 17.1. The Labute approximate surface area is 149 Å². The van der Waals surface area contributed by atoms with Crippen LogP contribution in [-0.2, 0) is 4.79 Å². The second-order valence-electron chi connectivity index (χ2n) is 5.64. The fourth-order valence-electron chi connectivity index (χ4n) is 3.18. The number of thioether (sulfide) groups is 1. The quantitative estimate of drug-likeness (QED) is 0.788. The molecule has 2 saturated heterocycles. The van der Waals surface area contributed by atoms with Gasteiger partial charge in [-0.15, -0.1) is 11.8 Å². The average molecular weight is 365 g/mol. The molecule has 23 heavy (non-hydrogen) atoms. The van der Waals surface area contributed by atoms with E-state index in [0.717, 1.165) is 22.9 Å². The summed E-state index contributed by atoms with van der Waals surface area (Å²) in [6.07, 6.45) is -0.0963. The number of nitrogens with zero attached hydrogens (tertiary/aromatic N) is 2. The molecule has 3 nitrogen and oxygen atoms in total. The predicted molar refractivity (Wildman–Crippen MR) is 96.1 cm³/mol. The molecule has 118 valence electrons. The van der Waals surface area contributed by atoms with E-state index >= 15 is 0 Å². The Morgan fingerprint density at radius 2 is 1.57 bits per heavy atom. The summed E-state index contributed by atoms with van der Waals surface area (Å²) in [6.45, 7) is 0. The standard InChI is InChI=1S/C17H14Cl2N2OS/c18-12-3-1-11(2-4-12)16-20-10-23-9-15(20)17(22)21(16)14-7-5-13(19)6-8-14/h1-8,15-16H,9-10H2/t15-,16-/m0/s1. The molecule has 0 aliphatic carbocycles. The van der Waals surface area contributed by atoms with Crippen LogP contribution in [0.5, 0.6) is 0 Å². The highest BCUT2D eigenvalue weighted by molar-refractivity contribution is 7.99. The van der Waals surface area contributed by atoms with Gasteiger partial charge in [0.2, 0.25) is 5.91 Å². The van der Waals surface area contributed by atoms with E-state index in [1.807, 2.05) is 53.4 Å². The molecule has 2 heterocycles. The van der Waals surface area contributed by atoms with E-state index in [2.05, 4.69) is 4.90 Å². The van der Waals surface area contributed by atoms with Gasteiger partial charge in [0.1, 0.15) is 12.2 Å². The van der Waals surface area contributed by atoms with Gasteiger partial charge in [0.05, 0.1) is 0 Å². The molecule has 2 aromatic rings. The van der Waals surface area contributed by atoms with Crippen LogP contribution in [0.3, 0.4) is 0 Å². The van der Waals surface area contributed by atoms with Crippen molar-refractivity contribution in [1.29, 1.82) is 0 Å². The highest BCUT2D eigenvalue weighted by atomic mass is 35.5.